The molecule has 0 spiro atoms. The van der Waals surface area contributed by atoms with Gasteiger partial charge in [0.25, 0.3) is 0 Å². The Balaban J connectivity index is 2.12. The molecule has 0 radical (unpaired) electrons. The van der Waals surface area contributed by atoms with Crippen molar-refractivity contribution < 1.29 is 4.79 Å². The first-order valence-electron chi connectivity index (χ1n) is 7.42. The molecule has 0 aromatic heterocycles. The smallest absolute Gasteiger partial charge is 0.233 e. The highest BCUT2D eigenvalue weighted by atomic mass is 16.1. The molecule has 1 rings (SSSR count). The van der Waals surface area contributed by atoms with Crippen LogP contribution in [-0.4, -0.2) is 24.5 Å². The van der Waals surface area contributed by atoms with Crippen LogP contribution in [0.4, 0.5) is 0 Å². The van der Waals surface area contributed by atoms with Gasteiger partial charge in [0.15, 0.2) is 0 Å². The maximum absolute atomic E-state index is 11.7. The highest BCUT2D eigenvalue weighted by molar-refractivity contribution is 5.78. The Kier molecular flexibility index (Phi) is 6.13. The molecule has 1 aliphatic carbocycles. The monoisotopic (exact) mass is 254 g/mol. The third kappa shape index (κ3) is 6.39. The Morgan fingerprint density at radius 1 is 1.11 bits per heavy atom. The molecule has 0 saturated heterocycles. The van der Waals surface area contributed by atoms with Gasteiger partial charge >= 0.3 is 0 Å². The summed E-state index contributed by atoms with van der Waals surface area (Å²) in [6.45, 7) is 9.80. The zero-order chi connectivity index (χ0) is 13.6. The van der Waals surface area contributed by atoms with Gasteiger partial charge in [-0.2, -0.15) is 0 Å². The number of carbonyl (C=O) groups excluding carboxylic acids is 1. The standard InChI is InChI=1S/C15H30N2O/c1-5-12-6-8-13(9-7-12)10-16-14(18)11-17-15(2,3)4/h12-13,17H,5-11H2,1-4H3,(H,16,18). The molecule has 3 heteroatoms. The molecule has 2 N–H and O–H groups in total. The van der Waals surface area contributed by atoms with Crippen LogP contribution in [0, 0.1) is 11.8 Å². The molecule has 0 bridgehead atoms. The number of hydrogen-bond donors (Lipinski definition) is 2. The van der Waals surface area contributed by atoms with E-state index in [1.807, 2.05) is 0 Å². The van der Waals surface area contributed by atoms with Crippen LogP contribution in [0.25, 0.3) is 0 Å². The quantitative estimate of drug-likeness (QED) is 0.792. The van der Waals surface area contributed by atoms with Gasteiger partial charge < -0.3 is 10.6 Å². The topological polar surface area (TPSA) is 41.1 Å². The van der Waals surface area contributed by atoms with E-state index in [1.54, 1.807) is 0 Å². The van der Waals surface area contributed by atoms with Gasteiger partial charge in [0.1, 0.15) is 0 Å². The second kappa shape index (κ2) is 7.13. The van der Waals surface area contributed by atoms with Crippen LogP contribution in [-0.2, 0) is 4.79 Å². The molecular weight excluding hydrogens is 224 g/mol. The fourth-order valence-corrected chi connectivity index (χ4v) is 2.51. The minimum Gasteiger partial charge on any atom is -0.355 e. The van der Waals surface area contributed by atoms with Crippen LogP contribution in [0.5, 0.6) is 0 Å². The summed E-state index contributed by atoms with van der Waals surface area (Å²) in [7, 11) is 0. The van der Waals surface area contributed by atoms with E-state index in [2.05, 4.69) is 38.3 Å². The van der Waals surface area contributed by atoms with Crippen molar-refractivity contribution in [1.29, 1.82) is 0 Å². The van der Waals surface area contributed by atoms with Gasteiger partial charge in [0.05, 0.1) is 6.54 Å². The normalized spacial score (nSPS) is 24.9. The van der Waals surface area contributed by atoms with Crippen LogP contribution in [0.1, 0.15) is 59.8 Å². The lowest BCUT2D eigenvalue weighted by atomic mass is 9.81. The highest BCUT2D eigenvalue weighted by Crippen LogP contribution is 2.29. The summed E-state index contributed by atoms with van der Waals surface area (Å²) < 4.78 is 0. The van der Waals surface area contributed by atoms with Crippen molar-refractivity contribution in [3.63, 3.8) is 0 Å². The molecule has 0 aliphatic heterocycles. The molecule has 0 atom stereocenters. The molecule has 0 aromatic carbocycles. The van der Waals surface area contributed by atoms with Crippen molar-refractivity contribution >= 4 is 5.91 Å². The molecule has 0 unspecified atom stereocenters. The van der Waals surface area contributed by atoms with Gasteiger partial charge in [-0.1, -0.05) is 26.2 Å². The van der Waals surface area contributed by atoms with Gasteiger partial charge in [-0.05, 0) is 45.4 Å². The van der Waals surface area contributed by atoms with Crippen LogP contribution in [0.15, 0.2) is 0 Å². The minimum absolute atomic E-state index is 0.0104. The van der Waals surface area contributed by atoms with Crippen molar-refractivity contribution in [3.05, 3.63) is 0 Å². The number of rotatable bonds is 5. The van der Waals surface area contributed by atoms with Crippen molar-refractivity contribution in [2.45, 2.75) is 65.3 Å². The average Bonchev–Trinajstić information content (AvgIpc) is 2.33. The van der Waals surface area contributed by atoms with Crippen LogP contribution in [0.2, 0.25) is 0 Å². The summed E-state index contributed by atoms with van der Waals surface area (Å²) in [5.41, 5.74) is 0.0104. The Bertz CT molecular complexity index is 250. The van der Waals surface area contributed by atoms with E-state index >= 15 is 0 Å². The summed E-state index contributed by atoms with van der Waals surface area (Å²) >= 11 is 0. The summed E-state index contributed by atoms with van der Waals surface area (Å²) in [4.78, 5) is 11.7. The third-order valence-corrected chi connectivity index (χ3v) is 3.91. The SMILES string of the molecule is CCC1CCC(CNC(=O)CNC(C)(C)C)CC1. The number of carbonyl (C=O) groups is 1. The fraction of sp³-hybridized carbons (Fsp3) is 0.933. The molecule has 1 amide bonds. The average molecular weight is 254 g/mol. The van der Waals surface area contributed by atoms with Crippen LogP contribution < -0.4 is 10.6 Å². The second-order valence-corrected chi connectivity index (χ2v) is 6.70. The van der Waals surface area contributed by atoms with Crippen LogP contribution >= 0.6 is 0 Å². The predicted molar refractivity (Wildman–Crippen MR) is 76.5 cm³/mol. The number of amides is 1. The first-order chi connectivity index (χ1) is 8.40. The van der Waals surface area contributed by atoms with E-state index in [4.69, 9.17) is 0 Å². The number of nitrogens with one attached hydrogen (secondary N) is 2. The highest BCUT2D eigenvalue weighted by Gasteiger charge is 2.20. The molecule has 0 heterocycles. The van der Waals surface area contributed by atoms with E-state index in [0.29, 0.717) is 12.5 Å². The van der Waals surface area contributed by atoms with Gasteiger partial charge in [-0.3, -0.25) is 4.79 Å². The molecule has 106 valence electrons. The maximum atomic E-state index is 11.7. The molecule has 1 aliphatic rings. The minimum atomic E-state index is 0.0104. The van der Waals surface area contributed by atoms with Crippen LogP contribution in [0.3, 0.4) is 0 Å². The molecule has 0 aromatic rings. The van der Waals surface area contributed by atoms with Gasteiger partial charge in [-0.15, -0.1) is 0 Å². The lowest BCUT2D eigenvalue weighted by molar-refractivity contribution is -0.120. The molecular formula is C15H30N2O. The Morgan fingerprint density at radius 2 is 1.67 bits per heavy atom. The summed E-state index contributed by atoms with van der Waals surface area (Å²) in [6, 6.07) is 0. The molecule has 18 heavy (non-hydrogen) atoms. The van der Waals surface area contributed by atoms with E-state index in [0.717, 1.165) is 12.5 Å². The Labute approximate surface area is 112 Å². The zero-order valence-corrected chi connectivity index (χ0v) is 12.5. The van der Waals surface area contributed by atoms with E-state index in [-0.39, 0.29) is 11.4 Å². The fourth-order valence-electron chi connectivity index (χ4n) is 2.51. The van der Waals surface area contributed by atoms with Crippen molar-refractivity contribution in [3.8, 4) is 0 Å². The first kappa shape index (κ1) is 15.5. The summed E-state index contributed by atoms with van der Waals surface area (Å²) in [6.07, 6.45) is 6.57. The van der Waals surface area contributed by atoms with Crippen molar-refractivity contribution in [2.24, 2.45) is 11.8 Å². The summed E-state index contributed by atoms with van der Waals surface area (Å²) in [5.74, 6) is 1.76. The molecule has 3 nitrogen and oxygen atoms in total. The van der Waals surface area contributed by atoms with E-state index in [9.17, 15) is 4.79 Å². The lowest BCUT2D eigenvalue weighted by Crippen LogP contribution is -2.44. The predicted octanol–water partition coefficient (Wildman–Crippen LogP) is 2.71. The number of hydrogen-bond acceptors (Lipinski definition) is 2. The lowest BCUT2D eigenvalue weighted by Gasteiger charge is -2.28. The van der Waals surface area contributed by atoms with Gasteiger partial charge in [-0.25, -0.2) is 0 Å². The zero-order valence-electron chi connectivity index (χ0n) is 12.5. The molecule has 1 saturated carbocycles. The first-order valence-corrected chi connectivity index (χ1v) is 7.42. The third-order valence-electron chi connectivity index (χ3n) is 3.91. The van der Waals surface area contributed by atoms with Crippen molar-refractivity contribution in [1.82, 2.24) is 10.6 Å². The van der Waals surface area contributed by atoms with Gasteiger partial charge in [0.2, 0.25) is 5.91 Å². The maximum Gasteiger partial charge on any atom is 0.233 e. The van der Waals surface area contributed by atoms with E-state index in [1.165, 1.54) is 32.1 Å². The Morgan fingerprint density at radius 3 is 2.17 bits per heavy atom. The van der Waals surface area contributed by atoms with Crippen molar-refractivity contribution in [2.75, 3.05) is 13.1 Å². The molecule has 1 fully saturated rings. The second-order valence-electron chi connectivity index (χ2n) is 6.70. The van der Waals surface area contributed by atoms with Gasteiger partial charge in [0, 0.05) is 12.1 Å². The van der Waals surface area contributed by atoms with E-state index < -0.39 is 0 Å². The Hall–Kier alpha value is -0.570. The summed E-state index contributed by atoms with van der Waals surface area (Å²) in [5, 5.41) is 6.27. The largest absolute Gasteiger partial charge is 0.355 e.